The van der Waals surface area contributed by atoms with Gasteiger partial charge in [0.15, 0.2) is 0 Å². The maximum absolute atomic E-state index is 11.0. The van der Waals surface area contributed by atoms with Gasteiger partial charge in [-0.3, -0.25) is 9.69 Å². The Hall–Kier alpha value is -2.19. The van der Waals surface area contributed by atoms with Gasteiger partial charge in [-0.05, 0) is 42.0 Å². The normalized spacial score (nSPS) is 23.6. The van der Waals surface area contributed by atoms with Gasteiger partial charge >= 0.3 is 0 Å². The molecule has 0 spiro atoms. The summed E-state index contributed by atoms with van der Waals surface area (Å²) < 4.78 is 0. The van der Waals surface area contributed by atoms with Crippen LogP contribution in [0.2, 0.25) is 0 Å². The number of hydrogen-bond acceptors (Lipinski definition) is 2. The Morgan fingerprint density at radius 2 is 1.91 bits per heavy atom. The zero-order valence-electron chi connectivity index (χ0n) is 13.2. The molecule has 2 heteroatoms. The molecule has 0 radical (unpaired) electrons. The van der Waals surface area contributed by atoms with Gasteiger partial charge in [0, 0.05) is 24.2 Å². The van der Waals surface area contributed by atoms with Crippen LogP contribution in [0.25, 0.3) is 5.57 Å². The zero-order chi connectivity index (χ0) is 15.6. The van der Waals surface area contributed by atoms with Crippen LogP contribution in [-0.4, -0.2) is 23.3 Å². The maximum atomic E-state index is 11.0. The molecular weight excluding hydrogens is 282 g/mol. The van der Waals surface area contributed by atoms with Gasteiger partial charge in [-0.2, -0.15) is 0 Å². The molecule has 1 fully saturated rings. The van der Waals surface area contributed by atoms with E-state index in [2.05, 4.69) is 47.4 Å². The van der Waals surface area contributed by atoms with Crippen molar-refractivity contribution in [3.63, 3.8) is 0 Å². The van der Waals surface area contributed by atoms with E-state index < -0.39 is 0 Å². The molecule has 2 heterocycles. The number of aldehydes is 1. The summed E-state index contributed by atoms with van der Waals surface area (Å²) in [5, 5.41) is 0. The maximum Gasteiger partial charge on any atom is 0.150 e. The lowest BCUT2D eigenvalue weighted by atomic mass is 9.93. The van der Waals surface area contributed by atoms with E-state index in [0.717, 1.165) is 24.8 Å². The highest BCUT2D eigenvalue weighted by Crippen LogP contribution is 2.39. The molecular formula is C21H21NO. The quantitative estimate of drug-likeness (QED) is 0.784. The molecule has 116 valence electrons. The van der Waals surface area contributed by atoms with Crippen LogP contribution in [0.1, 0.15) is 40.7 Å². The Bertz CT molecular complexity index is 735. The van der Waals surface area contributed by atoms with Gasteiger partial charge in [0.1, 0.15) is 6.29 Å². The molecule has 2 nitrogen and oxygen atoms in total. The average Bonchev–Trinajstić information content (AvgIpc) is 2.84. The van der Waals surface area contributed by atoms with Crippen molar-refractivity contribution in [3.8, 4) is 0 Å². The fraction of sp³-hybridized carbons (Fsp3) is 0.286. The minimum atomic E-state index is 0.531. The molecule has 4 rings (SSSR count). The minimum absolute atomic E-state index is 0.531. The monoisotopic (exact) mass is 303 g/mol. The SMILES string of the molecule is O=Cc1cccc(C2=CC3CCC(C2)N3Cc2ccccc2)c1. The molecule has 2 aliphatic rings. The summed E-state index contributed by atoms with van der Waals surface area (Å²) in [6.07, 6.45) is 6.96. The van der Waals surface area contributed by atoms with Gasteiger partial charge in [0.05, 0.1) is 0 Å². The van der Waals surface area contributed by atoms with E-state index in [9.17, 15) is 4.79 Å². The molecule has 2 aromatic carbocycles. The molecule has 0 aromatic heterocycles. The summed E-state index contributed by atoms with van der Waals surface area (Å²) >= 11 is 0. The number of carbonyl (C=O) groups excluding carboxylic acids is 1. The van der Waals surface area contributed by atoms with Crippen molar-refractivity contribution in [2.24, 2.45) is 0 Å². The molecule has 2 aromatic rings. The molecule has 2 bridgehead atoms. The van der Waals surface area contributed by atoms with Crippen molar-refractivity contribution in [1.29, 1.82) is 0 Å². The second-order valence-electron chi connectivity index (χ2n) is 6.60. The Balaban J connectivity index is 1.58. The lowest BCUT2D eigenvalue weighted by molar-refractivity contribution is 0.112. The summed E-state index contributed by atoms with van der Waals surface area (Å²) in [6.45, 7) is 1.04. The number of carbonyl (C=O) groups is 1. The molecule has 1 saturated heterocycles. The van der Waals surface area contributed by atoms with Gasteiger partial charge in [0.2, 0.25) is 0 Å². The van der Waals surface area contributed by atoms with E-state index in [1.165, 1.54) is 29.5 Å². The first kappa shape index (κ1) is 14.4. The third-order valence-corrected chi connectivity index (χ3v) is 5.14. The molecule has 0 N–H and O–H groups in total. The highest BCUT2D eigenvalue weighted by Gasteiger charge is 2.36. The second kappa shape index (κ2) is 6.13. The first-order valence-electron chi connectivity index (χ1n) is 8.39. The number of nitrogens with zero attached hydrogens (tertiary/aromatic N) is 1. The minimum Gasteiger partial charge on any atom is -0.298 e. The van der Waals surface area contributed by atoms with Crippen molar-refractivity contribution in [2.45, 2.75) is 37.9 Å². The van der Waals surface area contributed by atoms with Crippen molar-refractivity contribution in [1.82, 2.24) is 4.90 Å². The Labute approximate surface area is 137 Å². The topological polar surface area (TPSA) is 20.3 Å². The number of rotatable bonds is 4. The summed E-state index contributed by atoms with van der Waals surface area (Å²) in [4.78, 5) is 13.7. The number of hydrogen-bond donors (Lipinski definition) is 0. The van der Waals surface area contributed by atoms with Crippen LogP contribution < -0.4 is 0 Å². The van der Waals surface area contributed by atoms with Crippen molar-refractivity contribution in [3.05, 3.63) is 77.4 Å². The average molecular weight is 303 g/mol. The lowest BCUT2D eigenvalue weighted by Gasteiger charge is -2.34. The van der Waals surface area contributed by atoms with Crippen molar-refractivity contribution < 1.29 is 4.79 Å². The summed E-state index contributed by atoms with van der Waals surface area (Å²) in [5.41, 5.74) is 4.78. The summed E-state index contributed by atoms with van der Waals surface area (Å²) in [5.74, 6) is 0. The molecule has 0 aliphatic carbocycles. The fourth-order valence-electron chi connectivity index (χ4n) is 3.98. The predicted octanol–water partition coefficient (Wildman–Crippen LogP) is 4.32. The van der Waals surface area contributed by atoms with Crippen LogP contribution in [0.4, 0.5) is 0 Å². The van der Waals surface area contributed by atoms with E-state index >= 15 is 0 Å². The van der Waals surface area contributed by atoms with E-state index in [-0.39, 0.29) is 0 Å². The van der Waals surface area contributed by atoms with Crippen LogP contribution in [0.5, 0.6) is 0 Å². The highest BCUT2D eigenvalue weighted by atomic mass is 16.1. The zero-order valence-corrected chi connectivity index (χ0v) is 13.2. The van der Waals surface area contributed by atoms with Crippen molar-refractivity contribution >= 4 is 11.9 Å². The van der Waals surface area contributed by atoms with Gasteiger partial charge in [-0.25, -0.2) is 0 Å². The molecule has 23 heavy (non-hydrogen) atoms. The fourth-order valence-corrected chi connectivity index (χ4v) is 3.98. The molecule has 2 atom stereocenters. The summed E-state index contributed by atoms with van der Waals surface area (Å²) in [6, 6.07) is 19.9. The van der Waals surface area contributed by atoms with Crippen LogP contribution in [-0.2, 0) is 6.54 Å². The van der Waals surface area contributed by atoms with Crippen LogP contribution in [0.15, 0.2) is 60.7 Å². The highest BCUT2D eigenvalue weighted by molar-refractivity contribution is 5.78. The Morgan fingerprint density at radius 1 is 1.04 bits per heavy atom. The van der Waals surface area contributed by atoms with Gasteiger partial charge in [-0.1, -0.05) is 54.6 Å². The number of benzene rings is 2. The van der Waals surface area contributed by atoms with Gasteiger partial charge < -0.3 is 0 Å². The van der Waals surface area contributed by atoms with Gasteiger partial charge in [0.25, 0.3) is 0 Å². The van der Waals surface area contributed by atoms with Crippen LogP contribution in [0, 0.1) is 0 Å². The van der Waals surface area contributed by atoms with Crippen LogP contribution >= 0.6 is 0 Å². The molecule has 0 amide bonds. The van der Waals surface area contributed by atoms with E-state index in [0.29, 0.717) is 12.1 Å². The van der Waals surface area contributed by atoms with E-state index in [4.69, 9.17) is 0 Å². The molecule has 0 saturated carbocycles. The number of fused-ring (bicyclic) bond motifs is 2. The molecule has 2 aliphatic heterocycles. The second-order valence-corrected chi connectivity index (χ2v) is 6.60. The van der Waals surface area contributed by atoms with Gasteiger partial charge in [-0.15, -0.1) is 0 Å². The van der Waals surface area contributed by atoms with E-state index in [1.807, 2.05) is 18.2 Å². The van der Waals surface area contributed by atoms with Crippen LogP contribution in [0.3, 0.4) is 0 Å². The Kier molecular flexibility index (Phi) is 3.84. The van der Waals surface area contributed by atoms with E-state index in [1.54, 1.807) is 0 Å². The first-order valence-corrected chi connectivity index (χ1v) is 8.39. The standard InChI is InChI=1S/C21H21NO/c23-15-17-7-4-8-18(11-17)19-12-20-9-10-21(13-19)22(20)14-16-5-2-1-3-6-16/h1-8,11-12,15,20-21H,9-10,13-14H2. The predicted molar refractivity (Wildman–Crippen MR) is 93.2 cm³/mol. The first-order chi connectivity index (χ1) is 11.3. The summed E-state index contributed by atoms with van der Waals surface area (Å²) in [7, 11) is 0. The largest absolute Gasteiger partial charge is 0.298 e. The smallest absolute Gasteiger partial charge is 0.150 e. The third kappa shape index (κ3) is 2.87. The third-order valence-electron chi connectivity index (χ3n) is 5.14. The lowest BCUT2D eigenvalue weighted by Crippen LogP contribution is -2.37. The Morgan fingerprint density at radius 3 is 2.70 bits per heavy atom. The molecule has 2 unspecified atom stereocenters. The van der Waals surface area contributed by atoms with Crippen molar-refractivity contribution in [2.75, 3.05) is 0 Å².